The Morgan fingerprint density at radius 1 is 0.742 bits per heavy atom. The fraction of sp³-hybridized carbons (Fsp3) is 0.727. The van der Waals surface area contributed by atoms with E-state index in [1.165, 1.54) is 6.08 Å². The summed E-state index contributed by atoms with van der Waals surface area (Å²) in [5.41, 5.74) is 7.68. The summed E-state index contributed by atoms with van der Waals surface area (Å²) >= 11 is 0. The first-order valence-corrected chi connectivity index (χ1v) is 11.4. The Morgan fingerprint density at radius 3 is 1.55 bits per heavy atom. The Balaban J connectivity index is 0.000000181. The molecule has 3 aliphatic heterocycles. The average Bonchev–Trinajstić information content (AvgIpc) is 3.59. The van der Waals surface area contributed by atoms with Gasteiger partial charge in [-0.25, -0.2) is 0 Å². The van der Waals surface area contributed by atoms with Crippen LogP contribution in [0.5, 0.6) is 0 Å². The molecule has 0 saturated carbocycles. The lowest BCUT2D eigenvalue weighted by molar-refractivity contribution is -0.117. The van der Waals surface area contributed by atoms with Gasteiger partial charge in [0.2, 0.25) is 11.6 Å². The molecule has 4 aliphatic rings. The number of aliphatic hydroxyl groups excluding tert-OH is 3. The lowest BCUT2D eigenvalue weighted by Gasteiger charge is -2.29. The van der Waals surface area contributed by atoms with Gasteiger partial charge < -0.3 is 35.8 Å². The molecular weight excluding hydrogens is 400 g/mol. The quantitative estimate of drug-likeness (QED) is 0.229. The van der Waals surface area contributed by atoms with E-state index < -0.39 is 0 Å². The van der Waals surface area contributed by atoms with E-state index in [-0.39, 0.29) is 36.9 Å². The van der Waals surface area contributed by atoms with Gasteiger partial charge in [-0.15, -0.1) is 0 Å². The molecule has 9 heteroatoms. The zero-order valence-electron chi connectivity index (χ0n) is 18.3. The third-order valence-corrected chi connectivity index (χ3v) is 5.99. The molecule has 0 bridgehead atoms. The Bertz CT molecular complexity index is 702. The van der Waals surface area contributed by atoms with Gasteiger partial charge >= 0.3 is 0 Å². The average molecular weight is 437 g/mol. The Morgan fingerprint density at radius 2 is 1.16 bits per heavy atom. The van der Waals surface area contributed by atoms with Gasteiger partial charge in [-0.05, 0) is 38.5 Å². The van der Waals surface area contributed by atoms with Crippen LogP contribution in [0.4, 0.5) is 0 Å². The number of aliphatic hydroxyl groups is 3. The van der Waals surface area contributed by atoms with Gasteiger partial charge in [-0.3, -0.25) is 9.59 Å². The van der Waals surface area contributed by atoms with Crippen LogP contribution in [0.1, 0.15) is 38.5 Å². The van der Waals surface area contributed by atoms with Gasteiger partial charge in [0.05, 0.1) is 5.70 Å². The van der Waals surface area contributed by atoms with Crippen LogP contribution in [0.3, 0.4) is 0 Å². The predicted molar refractivity (Wildman–Crippen MR) is 116 cm³/mol. The Hall–Kier alpha value is -1.94. The molecule has 0 unspecified atom stereocenters. The van der Waals surface area contributed by atoms with Crippen molar-refractivity contribution in [3.8, 4) is 0 Å². The smallest absolute Gasteiger partial charge is 0.227 e. The van der Waals surface area contributed by atoms with Crippen molar-refractivity contribution in [3.05, 3.63) is 23.2 Å². The number of nitrogens with zero attached hydrogens (tertiary/aromatic N) is 3. The van der Waals surface area contributed by atoms with E-state index in [4.69, 9.17) is 21.1 Å². The summed E-state index contributed by atoms with van der Waals surface area (Å²) in [6, 6.07) is 0. The summed E-state index contributed by atoms with van der Waals surface area (Å²) in [4.78, 5) is 30.5. The van der Waals surface area contributed by atoms with E-state index >= 15 is 0 Å². The van der Waals surface area contributed by atoms with Crippen molar-refractivity contribution >= 4 is 11.6 Å². The van der Waals surface area contributed by atoms with Crippen molar-refractivity contribution in [2.75, 3.05) is 59.1 Å². The largest absolute Gasteiger partial charge is 0.396 e. The molecule has 4 rings (SSSR count). The van der Waals surface area contributed by atoms with Crippen molar-refractivity contribution in [1.29, 1.82) is 0 Å². The number of ketones is 2. The van der Waals surface area contributed by atoms with Crippen LogP contribution in [-0.2, 0) is 9.59 Å². The first kappa shape index (κ1) is 23.7. The van der Waals surface area contributed by atoms with E-state index in [0.29, 0.717) is 36.4 Å². The van der Waals surface area contributed by atoms with E-state index in [1.807, 2.05) is 14.7 Å². The normalized spacial score (nSPS) is 20.0. The van der Waals surface area contributed by atoms with E-state index in [9.17, 15) is 9.59 Å². The molecule has 3 heterocycles. The summed E-state index contributed by atoms with van der Waals surface area (Å²) in [5, 5.41) is 26.2. The van der Waals surface area contributed by atoms with Gasteiger partial charge in [0, 0.05) is 70.7 Å². The van der Waals surface area contributed by atoms with Crippen LogP contribution in [0.15, 0.2) is 23.2 Å². The fourth-order valence-electron chi connectivity index (χ4n) is 3.94. The van der Waals surface area contributed by atoms with E-state index in [2.05, 4.69) is 0 Å². The number of nitrogens with two attached hydrogens (primary N) is 1. The maximum Gasteiger partial charge on any atom is 0.227 e. The maximum atomic E-state index is 12.4. The molecule has 0 atom stereocenters. The second-order valence-electron chi connectivity index (χ2n) is 8.73. The molecule has 9 nitrogen and oxygen atoms in total. The molecule has 1 aliphatic carbocycles. The minimum atomic E-state index is -0.325. The highest BCUT2D eigenvalue weighted by Crippen LogP contribution is 2.33. The van der Waals surface area contributed by atoms with Gasteiger partial charge in [0.15, 0.2) is 0 Å². The lowest BCUT2D eigenvalue weighted by atomic mass is 9.85. The molecule has 0 amide bonds. The highest BCUT2D eigenvalue weighted by atomic mass is 16.3. The molecule has 0 radical (unpaired) electrons. The van der Waals surface area contributed by atoms with Crippen LogP contribution in [0.25, 0.3) is 0 Å². The van der Waals surface area contributed by atoms with Crippen LogP contribution >= 0.6 is 0 Å². The highest BCUT2D eigenvalue weighted by Gasteiger charge is 2.43. The first-order chi connectivity index (χ1) is 14.9. The standard InChI is InChI=1S/C12H13N3O2.C10H23NO3/c16-9-7-8(13-1-2-13)12(17)11(15-5-6-15)10(9)14-3-4-14;11-10(4-1-7-12,5-2-8-13)6-3-9-14/h7H,1-6H2;12-14H,1-9,11H2. The molecular formula is C22H36N4O5. The van der Waals surface area contributed by atoms with Crippen molar-refractivity contribution in [1.82, 2.24) is 14.7 Å². The van der Waals surface area contributed by atoms with Crippen molar-refractivity contribution in [3.63, 3.8) is 0 Å². The number of carbonyl (C=O) groups excluding carboxylic acids is 2. The fourth-order valence-corrected chi connectivity index (χ4v) is 3.94. The topological polar surface area (TPSA) is 130 Å². The summed E-state index contributed by atoms with van der Waals surface area (Å²) in [6.07, 6.45) is 5.85. The molecule has 31 heavy (non-hydrogen) atoms. The summed E-state index contributed by atoms with van der Waals surface area (Å²) in [7, 11) is 0. The summed E-state index contributed by atoms with van der Waals surface area (Å²) < 4.78 is 0. The number of allylic oxidation sites excluding steroid dienone is 1. The van der Waals surface area contributed by atoms with Gasteiger partial charge in [0.1, 0.15) is 11.4 Å². The minimum absolute atomic E-state index is 0.00546. The molecule has 0 aromatic heterocycles. The Kier molecular flexibility index (Phi) is 8.10. The molecule has 0 aromatic carbocycles. The van der Waals surface area contributed by atoms with E-state index in [1.54, 1.807) is 0 Å². The van der Waals surface area contributed by atoms with E-state index in [0.717, 1.165) is 58.5 Å². The molecule has 3 fully saturated rings. The third kappa shape index (κ3) is 6.52. The molecule has 3 saturated heterocycles. The SMILES string of the molecule is NC(CCCO)(CCCO)CCCO.O=C1C=C(N2CC2)C(=O)C(N2CC2)=C1N1CC1. The van der Waals surface area contributed by atoms with Crippen LogP contribution < -0.4 is 5.73 Å². The number of rotatable bonds is 12. The number of hydrogen-bond donors (Lipinski definition) is 4. The lowest BCUT2D eigenvalue weighted by Crippen LogP contribution is -2.40. The zero-order valence-corrected chi connectivity index (χ0v) is 18.3. The zero-order chi connectivity index (χ0) is 22.4. The third-order valence-electron chi connectivity index (χ3n) is 5.99. The van der Waals surface area contributed by atoms with Crippen molar-refractivity contribution < 1.29 is 24.9 Å². The van der Waals surface area contributed by atoms with Crippen LogP contribution in [-0.4, -0.2) is 106 Å². The predicted octanol–water partition coefficient (Wildman–Crippen LogP) is -0.818. The van der Waals surface area contributed by atoms with Gasteiger partial charge in [-0.1, -0.05) is 0 Å². The molecule has 5 N–H and O–H groups in total. The second kappa shape index (κ2) is 10.6. The number of Topliss-reactive ketones (excluding diaryl/α,β-unsaturated/α-hetero) is 1. The van der Waals surface area contributed by atoms with Crippen molar-refractivity contribution in [2.45, 2.75) is 44.1 Å². The number of carbonyl (C=O) groups is 2. The molecule has 0 spiro atoms. The Labute approximate surface area is 183 Å². The highest BCUT2D eigenvalue weighted by molar-refractivity contribution is 6.22. The van der Waals surface area contributed by atoms with Gasteiger partial charge in [0.25, 0.3) is 0 Å². The molecule has 0 aromatic rings. The molecule has 174 valence electrons. The monoisotopic (exact) mass is 436 g/mol. The first-order valence-electron chi connectivity index (χ1n) is 11.4. The summed E-state index contributed by atoms with van der Waals surface area (Å²) in [5.74, 6) is 0.0485. The number of hydrogen-bond acceptors (Lipinski definition) is 9. The van der Waals surface area contributed by atoms with Gasteiger partial charge in [-0.2, -0.15) is 0 Å². The maximum absolute atomic E-state index is 12.4. The minimum Gasteiger partial charge on any atom is -0.396 e. The second-order valence-corrected chi connectivity index (χ2v) is 8.73. The van der Waals surface area contributed by atoms with Crippen LogP contribution in [0.2, 0.25) is 0 Å². The van der Waals surface area contributed by atoms with Crippen molar-refractivity contribution in [2.24, 2.45) is 5.73 Å². The van der Waals surface area contributed by atoms with Crippen LogP contribution in [0, 0.1) is 0 Å². The summed E-state index contributed by atoms with van der Waals surface area (Å²) in [6.45, 7) is 5.86.